The Morgan fingerprint density at radius 3 is 2.83 bits per heavy atom. The number of benzene rings is 1. The summed E-state index contributed by atoms with van der Waals surface area (Å²) in [5, 5.41) is 11.7. The van der Waals surface area contributed by atoms with Crippen molar-refractivity contribution in [2.45, 2.75) is 52.1 Å². The van der Waals surface area contributed by atoms with E-state index >= 15 is 0 Å². The van der Waals surface area contributed by atoms with E-state index in [4.69, 9.17) is 0 Å². The van der Waals surface area contributed by atoms with E-state index in [1.54, 1.807) is 19.2 Å². The number of hydrogen-bond donors (Lipinski definition) is 2. The molecular weight excluding hydrogens is 367 g/mol. The molecule has 1 aromatic heterocycles. The number of rotatable bonds is 6. The van der Waals surface area contributed by atoms with E-state index in [1.807, 2.05) is 17.8 Å². The summed E-state index contributed by atoms with van der Waals surface area (Å²) in [6.07, 6.45) is 4.01. The maximum atomic E-state index is 13.6. The first-order valence-electron chi connectivity index (χ1n) is 10.6. The predicted molar refractivity (Wildman–Crippen MR) is 117 cm³/mol. The number of piperidine rings is 1. The Morgan fingerprint density at radius 1 is 1.31 bits per heavy atom. The van der Waals surface area contributed by atoms with Crippen LogP contribution in [0.25, 0.3) is 0 Å². The van der Waals surface area contributed by atoms with Gasteiger partial charge in [-0.05, 0) is 43.9 Å². The van der Waals surface area contributed by atoms with Gasteiger partial charge in [0.2, 0.25) is 0 Å². The molecular formula is C22H33FN6. The average molecular weight is 401 g/mol. The molecule has 1 saturated heterocycles. The summed E-state index contributed by atoms with van der Waals surface area (Å²) < 4.78 is 15.6. The van der Waals surface area contributed by atoms with E-state index in [2.05, 4.69) is 39.5 Å². The Kier molecular flexibility index (Phi) is 7.12. The Morgan fingerprint density at radius 2 is 2.14 bits per heavy atom. The van der Waals surface area contributed by atoms with Crippen molar-refractivity contribution in [2.24, 2.45) is 12.0 Å². The van der Waals surface area contributed by atoms with E-state index in [0.29, 0.717) is 6.54 Å². The topological polar surface area (TPSA) is 57.5 Å². The average Bonchev–Trinajstić information content (AvgIpc) is 3.05. The van der Waals surface area contributed by atoms with Gasteiger partial charge in [-0.15, -0.1) is 0 Å². The Labute approximate surface area is 173 Å². The van der Waals surface area contributed by atoms with Crippen LogP contribution in [0.5, 0.6) is 0 Å². The summed E-state index contributed by atoms with van der Waals surface area (Å²) in [6, 6.07) is 7.11. The number of anilines is 1. The van der Waals surface area contributed by atoms with Crippen molar-refractivity contribution in [2.75, 3.05) is 25.0 Å². The number of aliphatic imine (C=N–C) groups is 1. The highest BCUT2D eigenvalue weighted by Crippen LogP contribution is 2.21. The van der Waals surface area contributed by atoms with Crippen LogP contribution in [0.3, 0.4) is 0 Å². The van der Waals surface area contributed by atoms with E-state index in [9.17, 15) is 4.39 Å². The van der Waals surface area contributed by atoms with Gasteiger partial charge in [-0.3, -0.25) is 9.67 Å². The van der Waals surface area contributed by atoms with Gasteiger partial charge in [0, 0.05) is 56.7 Å². The molecule has 3 rings (SSSR count). The van der Waals surface area contributed by atoms with Crippen LogP contribution >= 0.6 is 0 Å². The largest absolute Gasteiger partial charge is 0.369 e. The molecule has 1 unspecified atom stereocenters. The third-order valence-electron chi connectivity index (χ3n) is 5.62. The monoisotopic (exact) mass is 400 g/mol. The molecule has 1 fully saturated rings. The molecule has 0 saturated carbocycles. The van der Waals surface area contributed by atoms with Crippen LogP contribution in [0.15, 0.2) is 29.3 Å². The summed E-state index contributed by atoms with van der Waals surface area (Å²) in [6.45, 7) is 6.79. The molecule has 2 N–H and O–H groups in total. The van der Waals surface area contributed by atoms with Crippen LogP contribution in [0.2, 0.25) is 0 Å². The maximum absolute atomic E-state index is 13.6. The fourth-order valence-corrected chi connectivity index (χ4v) is 4.16. The van der Waals surface area contributed by atoms with Gasteiger partial charge in [-0.1, -0.05) is 19.9 Å². The van der Waals surface area contributed by atoms with E-state index < -0.39 is 0 Å². The first kappa shape index (κ1) is 21.1. The van der Waals surface area contributed by atoms with E-state index in [1.165, 1.54) is 17.3 Å². The van der Waals surface area contributed by atoms with E-state index in [0.717, 1.165) is 56.1 Å². The Bertz CT molecular complexity index is 844. The minimum atomic E-state index is -0.190. The van der Waals surface area contributed by atoms with Crippen molar-refractivity contribution in [3.05, 3.63) is 47.0 Å². The lowest BCUT2D eigenvalue weighted by Crippen LogP contribution is -2.51. The minimum absolute atomic E-state index is 0.190. The van der Waals surface area contributed by atoms with Crippen LogP contribution in [0.4, 0.5) is 10.1 Å². The van der Waals surface area contributed by atoms with Gasteiger partial charge in [0.05, 0.1) is 5.69 Å². The highest BCUT2D eigenvalue weighted by atomic mass is 19.1. The Balaban J connectivity index is 1.62. The van der Waals surface area contributed by atoms with Crippen LogP contribution in [-0.2, 0) is 26.4 Å². The van der Waals surface area contributed by atoms with Gasteiger partial charge in [0.25, 0.3) is 0 Å². The number of aryl methyl sites for hydroxylation is 2. The molecule has 0 bridgehead atoms. The zero-order chi connectivity index (χ0) is 20.8. The molecule has 1 aromatic carbocycles. The third kappa shape index (κ3) is 5.08. The summed E-state index contributed by atoms with van der Waals surface area (Å²) in [4.78, 5) is 6.65. The lowest BCUT2D eigenvalue weighted by molar-refractivity contribution is 0.467. The molecule has 1 aliphatic heterocycles. The molecule has 2 heterocycles. The van der Waals surface area contributed by atoms with Gasteiger partial charge < -0.3 is 15.5 Å². The van der Waals surface area contributed by atoms with Gasteiger partial charge >= 0.3 is 0 Å². The summed E-state index contributed by atoms with van der Waals surface area (Å²) in [5.74, 6) is 0.606. The second-order valence-corrected chi connectivity index (χ2v) is 7.54. The first-order valence-corrected chi connectivity index (χ1v) is 10.6. The van der Waals surface area contributed by atoms with Crippen molar-refractivity contribution in [1.82, 2.24) is 20.4 Å². The fourth-order valence-electron chi connectivity index (χ4n) is 4.16. The first-order chi connectivity index (χ1) is 14.0. The Hall–Kier alpha value is -2.57. The number of guanidine groups is 1. The molecule has 1 atom stereocenters. The van der Waals surface area contributed by atoms with Gasteiger partial charge in [-0.25, -0.2) is 4.39 Å². The molecule has 29 heavy (non-hydrogen) atoms. The SMILES string of the molecule is CCc1nn(C)c(CC)c1CNC(=NC)NC1CCCN(c2cccc(F)c2)C1. The van der Waals surface area contributed by atoms with Crippen LogP contribution in [0, 0.1) is 5.82 Å². The van der Waals surface area contributed by atoms with Crippen molar-refractivity contribution in [3.8, 4) is 0 Å². The summed E-state index contributed by atoms with van der Waals surface area (Å²) in [7, 11) is 3.81. The van der Waals surface area contributed by atoms with Gasteiger partial charge in [0.15, 0.2) is 5.96 Å². The number of nitrogens with one attached hydrogen (secondary N) is 2. The van der Waals surface area contributed by atoms with E-state index in [-0.39, 0.29) is 11.9 Å². The van der Waals surface area contributed by atoms with Crippen LogP contribution in [0.1, 0.15) is 43.6 Å². The normalized spacial score (nSPS) is 17.5. The van der Waals surface area contributed by atoms with Crippen LogP contribution in [-0.4, -0.2) is 41.9 Å². The molecule has 158 valence electrons. The van der Waals surface area contributed by atoms with Gasteiger partial charge in [-0.2, -0.15) is 5.10 Å². The minimum Gasteiger partial charge on any atom is -0.369 e. The maximum Gasteiger partial charge on any atom is 0.191 e. The summed E-state index contributed by atoms with van der Waals surface area (Å²) >= 11 is 0. The summed E-state index contributed by atoms with van der Waals surface area (Å²) in [5.41, 5.74) is 4.61. The fraction of sp³-hybridized carbons (Fsp3) is 0.545. The zero-order valence-electron chi connectivity index (χ0n) is 18.0. The van der Waals surface area contributed by atoms with Crippen molar-refractivity contribution < 1.29 is 4.39 Å². The number of nitrogens with zero attached hydrogens (tertiary/aromatic N) is 4. The molecule has 6 nitrogen and oxygen atoms in total. The zero-order valence-corrected chi connectivity index (χ0v) is 18.0. The van der Waals surface area contributed by atoms with Gasteiger partial charge in [0.1, 0.15) is 5.82 Å². The number of aromatic nitrogens is 2. The second kappa shape index (κ2) is 9.76. The molecule has 2 aromatic rings. The molecule has 0 aliphatic carbocycles. The highest BCUT2D eigenvalue weighted by molar-refractivity contribution is 5.80. The lowest BCUT2D eigenvalue weighted by Gasteiger charge is -2.35. The molecule has 0 amide bonds. The second-order valence-electron chi connectivity index (χ2n) is 7.54. The third-order valence-corrected chi connectivity index (χ3v) is 5.62. The molecule has 0 radical (unpaired) electrons. The number of halogens is 1. The molecule has 1 aliphatic rings. The quantitative estimate of drug-likeness (QED) is 0.578. The highest BCUT2D eigenvalue weighted by Gasteiger charge is 2.22. The molecule has 7 heteroatoms. The molecule has 0 spiro atoms. The van der Waals surface area contributed by atoms with Crippen molar-refractivity contribution >= 4 is 11.6 Å². The van der Waals surface area contributed by atoms with Crippen molar-refractivity contribution in [3.63, 3.8) is 0 Å². The lowest BCUT2D eigenvalue weighted by atomic mass is 10.0. The van der Waals surface area contributed by atoms with Crippen LogP contribution < -0.4 is 15.5 Å². The smallest absolute Gasteiger partial charge is 0.191 e. The van der Waals surface area contributed by atoms with Crippen molar-refractivity contribution in [1.29, 1.82) is 0 Å². The number of hydrogen-bond acceptors (Lipinski definition) is 3. The predicted octanol–water partition coefficient (Wildman–Crippen LogP) is 3.02. The standard InChI is InChI=1S/C22H33FN6/c1-5-20-19(21(6-2)28(4)27-20)14-25-22(24-3)26-17-10-8-12-29(15-17)18-11-7-9-16(23)13-18/h7,9,11,13,17H,5-6,8,10,12,14-15H2,1-4H3,(H2,24,25,26).